The molecular formula is C21H20N4OS. The number of pyridine rings is 1. The number of anilines is 1. The number of fused-ring (bicyclic) bond motifs is 1. The minimum Gasteiger partial charge on any atom is -0.588 e. The topological polar surface area (TPSA) is 65.8 Å². The van der Waals surface area contributed by atoms with E-state index in [-0.39, 0.29) is 0 Å². The highest BCUT2D eigenvalue weighted by Crippen LogP contribution is 2.22. The first-order valence-electron chi connectivity index (χ1n) is 8.71. The molecule has 0 saturated carbocycles. The summed E-state index contributed by atoms with van der Waals surface area (Å²) in [6.07, 6.45) is 3.66. The highest BCUT2D eigenvalue weighted by Gasteiger charge is 2.16. The lowest BCUT2D eigenvalue weighted by atomic mass is 10.1. The lowest BCUT2D eigenvalue weighted by Gasteiger charge is -2.14. The van der Waals surface area contributed by atoms with Gasteiger partial charge in [-0.25, -0.2) is 4.68 Å². The van der Waals surface area contributed by atoms with Gasteiger partial charge in [0.15, 0.2) is 10.7 Å². The molecule has 5 nitrogen and oxygen atoms in total. The molecule has 6 heteroatoms. The van der Waals surface area contributed by atoms with E-state index < -0.39 is 11.4 Å². The van der Waals surface area contributed by atoms with Gasteiger partial charge in [0.2, 0.25) is 0 Å². The van der Waals surface area contributed by atoms with E-state index in [4.69, 9.17) is 0 Å². The van der Waals surface area contributed by atoms with Gasteiger partial charge in [-0.3, -0.25) is 4.98 Å². The molecule has 0 fully saturated rings. The van der Waals surface area contributed by atoms with Crippen LogP contribution in [0.25, 0.3) is 10.8 Å². The summed E-state index contributed by atoms with van der Waals surface area (Å²) in [6.45, 7) is 4.53. The van der Waals surface area contributed by atoms with Gasteiger partial charge in [0, 0.05) is 23.8 Å². The summed E-state index contributed by atoms with van der Waals surface area (Å²) in [5.74, 6) is 0.734. The molecule has 0 spiro atoms. The average Bonchev–Trinajstić information content (AvgIpc) is 3.01. The van der Waals surface area contributed by atoms with Gasteiger partial charge in [-0.15, -0.1) is 0 Å². The van der Waals surface area contributed by atoms with Gasteiger partial charge in [-0.2, -0.15) is 9.82 Å². The first-order chi connectivity index (χ1) is 13.1. The minimum atomic E-state index is -1.35. The van der Waals surface area contributed by atoms with Gasteiger partial charge in [0.1, 0.15) is 11.4 Å². The molecule has 0 aliphatic carbocycles. The molecule has 0 bridgehead atoms. The van der Waals surface area contributed by atoms with Crippen LogP contribution in [0.3, 0.4) is 0 Å². The molecule has 4 aromatic rings. The van der Waals surface area contributed by atoms with Crippen molar-refractivity contribution in [1.29, 1.82) is 0 Å². The van der Waals surface area contributed by atoms with Gasteiger partial charge in [0.25, 0.3) is 0 Å². The smallest absolute Gasteiger partial charge is 0.179 e. The average molecular weight is 376 g/mol. The fourth-order valence-electron chi connectivity index (χ4n) is 3.05. The molecule has 1 atom stereocenters. The fraction of sp³-hybridized carbons (Fsp3) is 0.143. The summed E-state index contributed by atoms with van der Waals surface area (Å²) in [4.78, 5) is 4.92. The van der Waals surface area contributed by atoms with E-state index in [2.05, 4.69) is 20.9 Å². The Kier molecular flexibility index (Phi) is 4.83. The number of hydrogen-bond acceptors (Lipinski definition) is 4. The third-order valence-corrected chi connectivity index (χ3v) is 5.52. The minimum absolute atomic E-state index is 0.586. The zero-order chi connectivity index (χ0) is 18.8. The maximum absolute atomic E-state index is 12.7. The Labute approximate surface area is 161 Å². The number of nitrogens with zero attached hydrogens (tertiary/aromatic N) is 3. The van der Waals surface area contributed by atoms with Crippen LogP contribution in [0.4, 0.5) is 5.82 Å². The standard InChI is InChI=1S/C21H20N4OS/c1-15-6-8-19(9-7-15)27(26)24-21-12-16(2)23-25(21)14-18-5-3-4-17-13-22-11-10-20(17)18/h3-13,24H,14H2,1-2H3. The summed E-state index contributed by atoms with van der Waals surface area (Å²) < 4.78 is 17.7. The summed E-state index contributed by atoms with van der Waals surface area (Å²) in [6, 6.07) is 17.8. The Hall–Kier alpha value is -2.83. The second-order valence-corrected chi connectivity index (χ2v) is 7.74. The second kappa shape index (κ2) is 7.42. The van der Waals surface area contributed by atoms with E-state index in [0.717, 1.165) is 38.3 Å². The molecule has 1 N–H and O–H groups in total. The summed E-state index contributed by atoms with van der Waals surface area (Å²) in [5, 5.41) is 6.82. The van der Waals surface area contributed by atoms with Crippen molar-refractivity contribution in [2.75, 3.05) is 4.72 Å². The SMILES string of the molecule is Cc1ccc([S+]([O-])Nc2cc(C)nn2Cc2cccc3cnccc23)cc1. The number of nitrogens with one attached hydrogen (secondary N) is 1. The lowest BCUT2D eigenvalue weighted by molar-refractivity contribution is 0.598. The van der Waals surface area contributed by atoms with Crippen LogP contribution < -0.4 is 4.72 Å². The number of aromatic nitrogens is 3. The molecule has 0 saturated heterocycles. The van der Waals surface area contributed by atoms with Crippen LogP contribution in [0.2, 0.25) is 0 Å². The molecule has 4 rings (SSSR count). The monoisotopic (exact) mass is 376 g/mol. The fourth-order valence-corrected chi connectivity index (χ4v) is 3.91. The van der Waals surface area contributed by atoms with Crippen molar-refractivity contribution in [2.24, 2.45) is 0 Å². The zero-order valence-electron chi connectivity index (χ0n) is 15.2. The molecule has 0 radical (unpaired) electrons. The van der Waals surface area contributed by atoms with Crippen LogP contribution in [0.5, 0.6) is 0 Å². The van der Waals surface area contributed by atoms with Crippen molar-refractivity contribution in [2.45, 2.75) is 25.3 Å². The molecule has 0 aliphatic rings. The Balaban J connectivity index is 1.62. The molecule has 0 aliphatic heterocycles. The molecule has 2 aromatic heterocycles. The quantitative estimate of drug-likeness (QED) is 0.529. The highest BCUT2D eigenvalue weighted by molar-refractivity contribution is 7.92. The van der Waals surface area contributed by atoms with Gasteiger partial charge < -0.3 is 4.55 Å². The van der Waals surface area contributed by atoms with E-state index in [1.807, 2.05) is 73.3 Å². The third-order valence-electron chi connectivity index (χ3n) is 4.43. The van der Waals surface area contributed by atoms with Crippen LogP contribution in [-0.2, 0) is 17.9 Å². The van der Waals surface area contributed by atoms with Crippen molar-refractivity contribution in [3.05, 3.63) is 83.8 Å². The van der Waals surface area contributed by atoms with Crippen LogP contribution in [-0.4, -0.2) is 19.3 Å². The lowest BCUT2D eigenvalue weighted by Crippen LogP contribution is -2.17. The predicted molar refractivity (Wildman–Crippen MR) is 109 cm³/mol. The summed E-state index contributed by atoms with van der Waals surface area (Å²) in [5.41, 5.74) is 3.16. The molecule has 136 valence electrons. The van der Waals surface area contributed by atoms with Crippen LogP contribution in [0.15, 0.2) is 71.9 Å². The van der Waals surface area contributed by atoms with Crippen molar-refractivity contribution in [1.82, 2.24) is 14.8 Å². The predicted octanol–water partition coefficient (Wildman–Crippen LogP) is 4.23. The first kappa shape index (κ1) is 17.6. The van der Waals surface area contributed by atoms with E-state index in [1.54, 1.807) is 6.20 Å². The highest BCUT2D eigenvalue weighted by atomic mass is 32.2. The Morgan fingerprint density at radius 3 is 2.70 bits per heavy atom. The van der Waals surface area contributed by atoms with Crippen molar-refractivity contribution < 1.29 is 4.55 Å². The summed E-state index contributed by atoms with van der Waals surface area (Å²) in [7, 11) is 0. The van der Waals surface area contributed by atoms with Gasteiger partial charge in [-0.1, -0.05) is 35.9 Å². The molecule has 2 aromatic carbocycles. The van der Waals surface area contributed by atoms with Gasteiger partial charge >= 0.3 is 0 Å². The van der Waals surface area contributed by atoms with Crippen LogP contribution >= 0.6 is 0 Å². The van der Waals surface area contributed by atoms with Gasteiger partial charge in [-0.05, 0) is 43.0 Å². The Morgan fingerprint density at radius 2 is 1.89 bits per heavy atom. The normalized spacial score (nSPS) is 12.3. The van der Waals surface area contributed by atoms with E-state index in [0.29, 0.717) is 6.54 Å². The molecular weight excluding hydrogens is 356 g/mol. The Bertz CT molecular complexity index is 1070. The maximum atomic E-state index is 12.7. The van der Waals surface area contributed by atoms with Crippen molar-refractivity contribution in [3.8, 4) is 0 Å². The van der Waals surface area contributed by atoms with E-state index >= 15 is 0 Å². The van der Waals surface area contributed by atoms with Crippen molar-refractivity contribution >= 4 is 28.0 Å². The number of benzene rings is 2. The van der Waals surface area contributed by atoms with Crippen LogP contribution in [0.1, 0.15) is 16.8 Å². The third kappa shape index (κ3) is 3.82. The molecule has 27 heavy (non-hydrogen) atoms. The molecule has 2 heterocycles. The Morgan fingerprint density at radius 1 is 1.07 bits per heavy atom. The van der Waals surface area contributed by atoms with Crippen LogP contribution in [0, 0.1) is 13.8 Å². The second-order valence-electron chi connectivity index (χ2n) is 6.53. The molecule has 0 amide bonds. The van der Waals surface area contributed by atoms with Gasteiger partial charge in [0.05, 0.1) is 12.2 Å². The van der Waals surface area contributed by atoms with E-state index in [9.17, 15) is 4.55 Å². The van der Waals surface area contributed by atoms with Crippen molar-refractivity contribution in [3.63, 3.8) is 0 Å². The molecule has 1 unspecified atom stereocenters. The number of hydrogen-bond donors (Lipinski definition) is 1. The number of rotatable bonds is 5. The van der Waals surface area contributed by atoms with E-state index in [1.165, 1.54) is 0 Å². The summed E-state index contributed by atoms with van der Waals surface area (Å²) >= 11 is -1.35. The first-order valence-corrected chi connectivity index (χ1v) is 9.86. The zero-order valence-corrected chi connectivity index (χ0v) is 16.0. The number of aryl methyl sites for hydroxylation is 2. The largest absolute Gasteiger partial charge is 0.588 e. The maximum Gasteiger partial charge on any atom is 0.179 e.